The molecule has 108 valence electrons. The molecule has 0 aromatic heterocycles. The average Bonchev–Trinajstić information content (AvgIpc) is 2.39. The summed E-state index contributed by atoms with van der Waals surface area (Å²) in [5, 5.41) is 11.2. The van der Waals surface area contributed by atoms with Crippen LogP contribution in [-0.4, -0.2) is 29.5 Å². The van der Waals surface area contributed by atoms with Gasteiger partial charge in [-0.15, -0.1) is 0 Å². The molecule has 0 fully saturated rings. The molecule has 1 rings (SSSR count). The normalized spacial score (nSPS) is 11.4. The smallest absolute Gasteiger partial charge is 0.315 e. The van der Waals surface area contributed by atoms with Gasteiger partial charge in [-0.05, 0) is 31.2 Å². The molecule has 0 radical (unpaired) electrons. The molecule has 4 N–H and O–H groups in total. The van der Waals surface area contributed by atoms with E-state index in [-0.39, 0.29) is 13.0 Å². The Labute approximate surface area is 115 Å². The topological polar surface area (TPSA) is 119 Å². The van der Waals surface area contributed by atoms with Crippen molar-refractivity contribution in [3.05, 3.63) is 24.3 Å². The predicted octanol–water partition coefficient (Wildman–Crippen LogP) is 0.600. The van der Waals surface area contributed by atoms with Gasteiger partial charge in [-0.3, -0.25) is 14.4 Å². The van der Waals surface area contributed by atoms with Gasteiger partial charge in [0.25, 0.3) is 0 Å². The summed E-state index contributed by atoms with van der Waals surface area (Å²) in [6.07, 6.45) is 0.120. The molecule has 0 bridgehead atoms. The third-order valence-electron chi connectivity index (χ3n) is 2.50. The van der Waals surface area contributed by atoms with Gasteiger partial charge in [0.1, 0.15) is 11.7 Å². The number of nitrogens with two attached hydrogens (primary N) is 1. The van der Waals surface area contributed by atoms with Crippen LogP contribution >= 0.6 is 0 Å². The van der Waals surface area contributed by atoms with Gasteiger partial charge >= 0.3 is 5.97 Å². The lowest BCUT2D eigenvalue weighted by atomic mass is 10.1. The standard InChI is InChI=1S/C13H16N2O5/c1-8(13(18)19)12(17)15-9-2-4-10(5-3-9)20-7-6-11(14)16/h2-5,8H,6-7H2,1H3,(H2,14,16)(H,15,17)(H,18,19). The molecular formula is C13H16N2O5. The number of ether oxygens (including phenoxy) is 1. The van der Waals surface area contributed by atoms with E-state index in [1.165, 1.54) is 6.92 Å². The summed E-state index contributed by atoms with van der Waals surface area (Å²) in [7, 11) is 0. The number of anilines is 1. The van der Waals surface area contributed by atoms with Gasteiger partial charge in [0, 0.05) is 5.69 Å². The number of hydrogen-bond acceptors (Lipinski definition) is 4. The quantitative estimate of drug-likeness (QED) is 0.632. The van der Waals surface area contributed by atoms with E-state index in [0.29, 0.717) is 11.4 Å². The van der Waals surface area contributed by atoms with Gasteiger partial charge in [-0.2, -0.15) is 0 Å². The first kappa shape index (κ1) is 15.5. The van der Waals surface area contributed by atoms with Crippen molar-refractivity contribution >= 4 is 23.5 Å². The highest BCUT2D eigenvalue weighted by Gasteiger charge is 2.20. The largest absolute Gasteiger partial charge is 0.493 e. The third-order valence-corrected chi connectivity index (χ3v) is 2.50. The van der Waals surface area contributed by atoms with Crippen molar-refractivity contribution in [3.63, 3.8) is 0 Å². The van der Waals surface area contributed by atoms with E-state index in [1.54, 1.807) is 24.3 Å². The number of nitrogens with one attached hydrogen (secondary N) is 1. The second-order valence-corrected chi connectivity index (χ2v) is 4.14. The molecule has 0 heterocycles. The molecule has 1 aromatic rings. The first-order valence-corrected chi connectivity index (χ1v) is 5.95. The van der Waals surface area contributed by atoms with Crippen LogP contribution in [0.2, 0.25) is 0 Å². The molecule has 0 spiro atoms. The zero-order chi connectivity index (χ0) is 15.1. The minimum atomic E-state index is -1.19. The summed E-state index contributed by atoms with van der Waals surface area (Å²) in [6, 6.07) is 6.35. The molecule has 1 unspecified atom stereocenters. The molecule has 20 heavy (non-hydrogen) atoms. The van der Waals surface area contributed by atoms with Crippen LogP contribution < -0.4 is 15.8 Å². The summed E-state index contributed by atoms with van der Waals surface area (Å²) in [5.74, 6) is -2.83. The van der Waals surface area contributed by atoms with Gasteiger partial charge in [0.05, 0.1) is 13.0 Å². The monoisotopic (exact) mass is 280 g/mol. The van der Waals surface area contributed by atoms with Crippen molar-refractivity contribution in [2.24, 2.45) is 11.7 Å². The van der Waals surface area contributed by atoms with Crippen molar-refractivity contribution in [1.82, 2.24) is 0 Å². The Morgan fingerprint density at radius 1 is 1.30 bits per heavy atom. The van der Waals surface area contributed by atoms with Crippen LogP contribution in [0.5, 0.6) is 5.75 Å². The molecule has 7 nitrogen and oxygen atoms in total. The number of rotatable bonds is 7. The van der Waals surface area contributed by atoms with Gasteiger partial charge < -0.3 is 20.9 Å². The summed E-state index contributed by atoms with van der Waals surface area (Å²) < 4.78 is 5.25. The molecule has 0 aliphatic heterocycles. The molecule has 0 saturated carbocycles. The highest BCUT2D eigenvalue weighted by Crippen LogP contribution is 2.16. The highest BCUT2D eigenvalue weighted by atomic mass is 16.5. The van der Waals surface area contributed by atoms with E-state index >= 15 is 0 Å². The summed E-state index contributed by atoms with van der Waals surface area (Å²) in [6.45, 7) is 1.48. The first-order valence-electron chi connectivity index (χ1n) is 5.95. The SMILES string of the molecule is CC(C(=O)O)C(=O)Nc1ccc(OCCC(N)=O)cc1. The summed E-state index contributed by atoms with van der Waals surface area (Å²) in [5.41, 5.74) is 5.44. The van der Waals surface area contributed by atoms with E-state index in [9.17, 15) is 14.4 Å². The molecule has 1 aromatic carbocycles. The summed E-state index contributed by atoms with van der Waals surface area (Å²) >= 11 is 0. The van der Waals surface area contributed by atoms with Crippen LogP contribution in [0.3, 0.4) is 0 Å². The van der Waals surface area contributed by atoms with E-state index < -0.39 is 23.7 Å². The molecule has 0 saturated heterocycles. The molecular weight excluding hydrogens is 264 g/mol. The first-order chi connectivity index (χ1) is 9.40. The van der Waals surface area contributed by atoms with Crippen LogP contribution in [0.4, 0.5) is 5.69 Å². The Hall–Kier alpha value is -2.57. The van der Waals surface area contributed by atoms with Crippen LogP contribution in [-0.2, 0) is 14.4 Å². The van der Waals surface area contributed by atoms with E-state index in [4.69, 9.17) is 15.6 Å². The van der Waals surface area contributed by atoms with Crippen molar-refractivity contribution in [2.75, 3.05) is 11.9 Å². The van der Waals surface area contributed by atoms with Crippen molar-refractivity contribution < 1.29 is 24.2 Å². The van der Waals surface area contributed by atoms with Gasteiger partial charge in [0.2, 0.25) is 11.8 Å². The molecule has 7 heteroatoms. The Morgan fingerprint density at radius 2 is 1.90 bits per heavy atom. The maximum absolute atomic E-state index is 11.5. The van der Waals surface area contributed by atoms with Gasteiger partial charge in [-0.1, -0.05) is 0 Å². The Morgan fingerprint density at radius 3 is 2.40 bits per heavy atom. The number of hydrogen-bond donors (Lipinski definition) is 3. The fourth-order valence-electron chi connectivity index (χ4n) is 1.27. The third kappa shape index (κ3) is 4.97. The molecule has 1 atom stereocenters. The fraction of sp³-hybridized carbons (Fsp3) is 0.308. The molecule has 0 aliphatic rings. The maximum atomic E-state index is 11.5. The molecule has 2 amide bonds. The lowest BCUT2D eigenvalue weighted by molar-refractivity contribution is -0.144. The number of carboxylic acid groups (broad SMARTS) is 1. The van der Waals surface area contributed by atoms with E-state index in [2.05, 4.69) is 5.32 Å². The van der Waals surface area contributed by atoms with E-state index in [0.717, 1.165) is 0 Å². The number of primary amides is 1. The minimum absolute atomic E-state index is 0.120. The number of amides is 2. The second-order valence-electron chi connectivity index (χ2n) is 4.14. The number of carboxylic acids is 1. The Balaban J connectivity index is 2.52. The Kier molecular flexibility index (Phi) is 5.52. The number of aliphatic carboxylic acids is 1. The average molecular weight is 280 g/mol. The van der Waals surface area contributed by atoms with E-state index in [1.807, 2.05) is 0 Å². The highest BCUT2D eigenvalue weighted by molar-refractivity contribution is 6.03. The second kappa shape index (κ2) is 7.13. The van der Waals surface area contributed by atoms with Gasteiger partial charge in [0.15, 0.2) is 0 Å². The van der Waals surface area contributed by atoms with Crippen LogP contribution in [0, 0.1) is 5.92 Å². The molecule has 0 aliphatic carbocycles. The lowest BCUT2D eigenvalue weighted by Crippen LogP contribution is -2.26. The zero-order valence-electron chi connectivity index (χ0n) is 11.0. The predicted molar refractivity (Wildman–Crippen MR) is 71.2 cm³/mol. The Bertz CT molecular complexity index is 498. The van der Waals surface area contributed by atoms with Crippen molar-refractivity contribution in [2.45, 2.75) is 13.3 Å². The maximum Gasteiger partial charge on any atom is 0.315 e. The van der Waals surface area contributed by atoms with Gasteiger partial charge in [-0.25, -0.2) is 0 Å². The summed E-state index contributed by atoms with van der Waals surface area (Å²) in [4.78, 5) is 32.7. The number of benzene rings is 1. The fourth-order valence-corrected chi connectivity index (χ4v) is 1.27. The van der Waals surface area contributed by atoms with Crippen LogP contribution in [0.1, 0.15) is 13.3 Å². The minimum Gasteiger partial charge on any atom is -0.493 e. The number of carbonyl (C=O) groups excluding carboxylic acids is 2. The zero-order valence-corrected chi connectivity index (χ0v) is 11.0. The van der Waals surface area contributed by atoms with Crippen LogP contribution in [0.15, 0.2) is 24.3 Å². The number of carbonyl (C=O) groups is 3. The van der Waals surface area contributed by atoms with Crippen molar-refractivity contribution in [3.8, 4) is 5.75 Å². The lowest BCUT2D eigenvalue weighted by Gasteiger charge is -2.09. The van der Waals surface area contributed by atoms with Crippen LogP contribution in [0.25, 0.3) is 0 Å². The van der Waals surface area contributed by atoms with Crippen molar-refractivity contribution in [1.29, 1.82) is 0 Å².